The van der Waals surface area contributed by atoms with Crippen molar-refractivity contribution in [3.63, 3.8) is 0 Å². The molecule has 0 bridgehead atoms. The van der Waals surface area contributed by atoms with Gasteiger partial charge in [0.1, 0.15) is 0 Å². The molecule has 1 saturated heterocycles. The maximum absolute atomic E-state index is 11.9. The zero-order valence-electron chi connectivity index (χ0n) is 9.69. The Morgan fingerprint density at radius 1 is 1.31 bits per heavy atom. The molecule has 2 unspecified atom stereocenters. The number of hydrogen-bond donors (Lipinski definition) is 0. The molecule has 86 valence electrons. The molecule has 1 aliphatic carbocycles. The molecule has 2 atom stereocenters. The Bertz CT molecular complexity index is 359. The summed E-state index contributed by atoms with van der Waals surface area (Å²) in [6, 6.07) is 2.15. The van der Waals surface area contributed by atoms with Crippen LogP contribution in [0.5, 0.6) is 0 Å². The standard InChI is InChI=1S/C12H16N2O2/c1-8-9(2)11(16)14(10(8)15)7-12(3-4-12)5-6-13/h8-9H,3-5,7H2,1-2H3. The van der Waals surface area contributed by atoms with Crippen LogP contribution in [0, 0.1) is 28.6 Å². The van der Waals surface area contributed by atoms with Gasteiger partial charge in [-0.2, -0.15) is 5.26 Å². The first-order valence-electron chi connectivity index (χ1n) is 5.73. The molecule has 0 radical (unpaired) electrons. The van der Waals surface area contributed by atoms with E-state index in [1.165, 1.54) is 4.90 Å². The quantitative estimate of drug-likeness (QED) is 0.674. The van der Waals surface area contributed by atoms with Crippen molar-refractivity contribution in [2.24, 2.45) is 17.3 Å². The molecular formula is C12H16N2O2. The van der Waals surface area contributed by atoms with Crippen molar-refractivity contribution in [1.82, 2.24) is 4.90 Å². The number of nitrogens with zero attached hydrogens (tertiary/aromatic N) is 2. The average Bonchev–Trinajstić information content (AvgIpc) is 2.99. The van der Waals surface area contributed by atoms with Crippen molar-refractivity contribution in [2.75, 3.05) is 6.54 Å². The molecule has 0 aromatic rings. The van der Waals surface area contributed by atoms with Crippen LogP contribution < -0.4 is 0 Å². The highest BCUT2D eigenvalue weighted by Gasteiger charge is 2.50. The van der Waals surface area contributed by atoms with Gasteiger partial charge in [-0.3, -0.25) is 14.5 Å². The molecule has 1 saturated carbocycles. The van der Waals surface area contributed by atoms with Crippen molar-refractivity contribution >= 4 is 11.8 Å². The van der Waals surface area contributed by atoms with E-state index in [2.05, 4.69) is 6.07 Å². The van der Waals surface area contributed by atoms with Gasteiger partial charge in [-0.05, 0) is 12.8 Å². The Kier molecular flexibility index (Phi) is 2.49. The van der Waals surface area contributed by atoms with Gasteiger partial charge in [0, 0.05) is 30.2 Å². The molecule has 0 spiro atoms. The average molecular weight is 220 g/mol. The summed E-state index contributed by atoms with van der Waals surface area (Å²) in [5.74, 6) is -0.542. The maximum Gasteiger partial charge on any atom is 0.232 e. The van der Waals surface area contributed by atoms with Gasteiger partial charge >= 0.3 is 0 Å². The van der Waals surface area contributed by atoms with E-state index in [0.29, 0.717) is 13.0 Å². The molecule has 4 heteroatoms. The molecule has 2 aliphatic rings. The van der Waals surface area contributed by atoms with Crippen LogP contribution >= 0.6 is 0 Å². The zero-order chi connectivity index (χ0) is 11.9. The van der Waals surface area contributed by atoms with Crippen LogP contribution in [0.1, 0.15) is 33.1 Å². The molecule has 0 aromatic carbocycles. The molecular weight excluding hydrogens is 204 g/mol. The van der Waals surface area contributed by atoms with Gasteiger partial charge in [0.05, 0.1) is 6.07 Å². The summed E-state index contributed by atoms with van der Waals surface area (Å²) in [7, 11) is 0. The highest BCUT2D eigenvalue weighted by atomic mass is 16.2. The lowest BCUT2D eigenvalue weighted by molar-refractivity contribution is -0.140. The largest absolute Gasteiger partial charge is 0.282 e. The van der Waals surface area contributed by atoms with Gasteiger partial charge in [0.15, 0.2) is 0 Å². The first-order valence-corrected chi connectivity index (χ1v) is 5.73. The van der Waals surface area contributed by atoms with Crippen molar-refractivity contribution in [1.29, 1.82) is 5.26 Å². The Hall–Kier alpha value is -1.37. The van der Waals surface area contributed by atoms with Crippen LogP contribution in [0.15, 0.2) is 0 Å². The topological polar surface area (TPSA) is 61.2 Å². The van der Waals surface area contributed by atoms with E-state index >= 15 is 0 Å². The smallest absolute Gasteiger partial charge is 0.232 e. The number of imide groups is 1. The molecule has 0 aromatic heterocycles. The van der Waals surface area contributed by atoms with E-state index in [-0.39, 0.29) is 29.1 Å². The lowest BCUT2D eigenvalue weighted by Crippen LogP contribution is -2.36. The first kappa shape index (κ1) is 11.1. The summed E-state index contributed by atoms with van der Waals surface area (Å²) in [6.07, 6.45) is 2.37. The summed E-state index contributed by atoms with van der Waals surface area (Å²) in [4.78, 5) is 25.1. The Morgan fingerprint density at radius 2 is 1.81 bits per heavy atom. The predicted octanol–water partition coefficient (Wildman–Crippen LogP) is 1.32. The van der Waals surface area contributed by atoms with E-state index in [9.17, 15) is 9.59 Å². The van der Waals surface area contributed by atoms with Gasteiger partial charge in [0.25, 0.3) is 0 Å². The second-order valence-corrected chi connectivity index (χ2v) is 5.17. The van der Waals surface area contributed by atoms with Gasteiger partial charge in [0.2, 0.25) is 11.8 Å². The lowest BCUT2D eigenvalue weighted by Gasteiger charge is -2.20. The summed E-state index contributed by atoms with van der Waals surface area (Å²) in [5.41, 5.74) is -0.0795. The van der Waals surface area contributed by atoms with Crippen LogP contribution in [-0.4, -0.2) is 23.3 Å². The van der Waals surface area contributed by atoms with E-state index < -0.39 is 0 Å². The van der Waals surface area contributed by atoms with E-state index in [1.54, 1.807) is 13.8 Å². The minimum atomic E-state index is -0.203. The maximum atomic E-state index is 11.9. The second-order valence-electron chi connectivity index (χ2n) is 5.17. The summed E-state index contributed by atoms with van der Waals surface area (Å²) >= 11 is 0. The first-order chi connectivity index (χ1) is 7.51. The van der Waals surface area contributed by atoms with E-state index in [1.807, 2.05) is 0 Å². The fraction of sp³-hybridized carbons (Fsp3) is 0.750. The number of rotatable bonds is 3. The number of amides is 2. The highest BCUT2D eigenvalue weighted by molar-refractivity contribution is 6.04. The minimum Gasteiger partial charge on any atom is -0.282 e. The van der Waals surface area contributed by atoms with Crippen LogP contribution in [-0.2, 0) is 9.59 Å². The zero-order valence-corrected chi connectivity index (χ0v) is 9.69. The third-order valence-electron chi connectivity index (χ3n) is 3.97. The third kappa shape index (κ3) is 1.60. The summed E-state index contributed by atoms with van der Waals surface area (Å²) in [6.45, 7) is 4.05. The van der Waals surface area contributed by atoms with Gasteiger partial charge in [-0.1, -0.05) is 13.8 Å². The van der Waals surface area contributed by atoms with E-state index in [4.69, 9.17) is 5.26 Å². The molecule has 1 heterocycles. The fourth-order valence-electron chi connectivity index (χ4n) is 2.25. The van der Waals surface area contributed by atoms with Crippen LogP contribution in [0.4, 0.5) is 0 Å². The van der Waals surface area contributed by atoms with Crippen molar-refractivity contribution in [3.05, 3.63) is 0 Å². The molecule has 2 amide bonds. The molecule has 2 fully saturated rings. The molecule has 2 rings (SSSR count). The second kappa shape index (κ2) is 3.58. The third-order valence-corrected chi connectivity index (χ3v) is 3.97. The van der Waals surface area contributed by atoms with Crippen LogP contribution in [0.2, 0.25) is 0 Å². The number of carbonyl (C=O) groups excluding carboxylic acids is 2. The Labute approximate surface area is 95.2 Å². The number of carbonyl (C=O) groups is 2. The van der Waals surface area contributed by atoms with Gasteiger partial charge < -0.3 is 0 Å². The lowest BCUT2D eigenvalue weighted by atomic mass is 10.00. The Balaban J connectivity index is 2.09. The molecule has 1 aliphatic heterocycles. The summed E-state index contributed by atoms with van der Waals surface area (Å²) in [5, 5.41) is 8.71. The highest BCUT2D eigenvalue weighted by Crippen LogP contribution is 2.50. The fourth-order valence-corrected chi connectivity index (χ4v) is 2.25. The summed E-state index contributed by atoms with van der Waals surface area (Å²) < 4.78 is 0. The Morgan fingerprint density at radius 3 is 2.19 bits per heavy atom. The monoisotopic (exact) mass is 220 g/mol. The SMILES string of the molecule is CC1C(=O)N(CC2(CC#N)CC2)C(=O)C1C. The van der Waals surface area contributed by atoms with E-state index in [0.717, 1.165) is 12.8 Å². The van der Waals surface area contributed by atoms with Crippen molar-refractivity contribution in [3.8, 4) is 6.07 Å². The van der Waals surface area contributed by atoms with Crippen molar-refractivity contribution < 1.29 is 9.59 Å². The molecule has 0 N–H and O–H groups in total. The number of nitriles is 1. The predicted molar refractivity (Wildman–Crippen MR) is 56.9 cm³/mol. The number of likely N-dealkylation sites (tertiary alicyclic amines) is 1. The normalized spacial score (nSPS) is 31.7. The van der Waals surface area contributed by atoms with Crippen LogP contribution in [0.3, 0.4) is 0 Å². The minimum absolute atomic E-state index is 0.0679. The molecule has 4 nitrogen and oxygen atoms in total. The number of hydrogen-bond acceptors (Lipinski definition) is 3. The van der Waals surface area contributed by atoms with Crippen molar-refractivity contribution in [2.45, 2.75) is 33.1 Å². The van der Waals surface area contributed by atoms with Gasteiger partial charge in [-0.15, -0.1) is 0 Å². The molecule has 16 heavy (non-hydrogen) atoms. The van der Waals surface area contributed by atoms with Crippen LogP contribution in [0.25, 0.3) is 0 Å². The van der Waals surface area contributed by atoms with Gasteiger partial charge in [-0.25, -0.2) is 0 Å².